The Morgan fingerprint density at radius 2 is 0.731 bits per heavy atom. The topological polar surface area (TPSA) is 149 Å². The highest BCUT2D eigenvalue weighted by Gasteiger charge is 2.44. The minimum Gasteiger partial charge on any atom is -0.394 e. The van der Waals surface area contributed by atoms with Crippen LogP contribution in [0.15, 0.2) is 24.3 Å². The van der Waals surface area contributed by atoms with Gasteiger partial charge in [0, 0.05) is 6.42 Å². The molecule has 0 spiro atoms. The van der Waals surface area contributed by atoms with Crippen molar-refractivity contribution >= 4 is 5.91 Å². The fourth-order valence-corrected chi connectivity index (χ4v) is 11.4. The lowest BCUT2D eigenvalue weighted by Crippen LogP contribution is -2.60. The van der Waals surface area contributed by atoms with Crippen LogP contribution in [0.25, 0.3) is 0 Å². The maximum Gasteiger partial charge on any atom is 0.220 e. The van der Waals surface area contributed by atoms with Gasteiger partial charge in [-0.15, -0.1) is 0 Å². The van der Waals surface area contributed by atoms with E-state index in [1.165, 1.54) is 295 Å². The van der Waals surface area contributed by atoms with Gasteiger partial charge in [-0.25, -0.2) is 0 Å². The van der Waals surface area contributed by atoms with Crippen LogP contribution in [-0.2, 0) is 14.3 Å². The zero-order valence-corrected chi connectivity index (χ0v) is 51.7. The fraction of sp³-hybridized carbons (Fsp3) is 0.928. The first-order valence-electron chi connectivity index (χ1n) is 34.6. The molecule has 9 nitrogen and oxygen atoms in total. The van der Waals surface area contributed by atoms with Crippen LogP contribution in [0.1, 0.15) is 354 Å². The number of carbonyl (C=O) groups is 1. The zero-order valence-electron chi connectivity index (χ0n) is 51.7. The van der Waals surface area contributed by atoms with Crippen LogP contribution in [0.5, 0.6) is 0 Å². The molecule has 0 saturated carbocycles. The van der Waals surface area contributed by atoms with E-state index in [1.54, 1.807) is 6.08 Å². The summed E-state index contributed by atoms with van der Waals surface area (Å²) in [6, 6.07) is -0.818. The van der Waals surface area contributed by atoms with E-state index in [1.807, 2.05) is 6.08 Å². The van der Waals surface area contributed by atoms with E-state index in [2.05, 4.69) is 31.3 Å². The van der Waals surface area contributed by atoms with Crippen molar-refractivity contribution in [1.82, 2.24) is 5.32 Å². The van der Waals surface area contributed by atoms with Crippen LogP contribution in [0, 0.1) is 0 Å². The van der Waals surface area contributed by atoms with Crippen molar-refractivity contribution in [2.45, 2.75) is 397 Å². The summed E-state index contributed by atoms with van der Waals surface area (Å²) >= 11 is 0. The lowest BCUT2D eigenvalue weighted by molar-refractivity contribution is -0.302. The Balaban J connectivity index is 2.00. The van der Waals surface area contributed by atoms with Crippen LogP contribution in [0.4, 0.5) is 0 Å². The first-order chi connectivity index (χ1) is 38.3. The van der Waals surface area contributed by atoms with Gasteiger partial charge >= 0.3 is 0 Å². The molecule has 1 amide bonds. The number of hydrogen-bond acceptors (Lipinski definition) is 8. The van der Waals surface area contributed by atoms with Gasteiger partial charge in [0.05, 0.1) is 25.4 Å². The van der Waals surface area contributed by atoms with Gasteiger partial charge in [0.1, 0.15) is 24.4 Å². The molecular formula is C69H133NO8. The second-order valence-electron chi connectivity index (χ2n) is 24.3. The van der Waals surface area contributed by atoms with E-state index >= 15 is 0 Å². The number of ether oxygens (including phenoxy) is 2. The molecule has 9 heteroatoms. The van der Waals surface area contributed by atoms with Gasteiger partial charge in [-0.05, 0) is 32.1 Å². The molecule has 1 fully saturated rings. The molecule has 1 saturated heterocycles. The van der Waals surface area contributed by atoms with Crippen LogP contribution in [0.2, 0.25) is 0 Å². The van der Waals surface area contributed by atoms with Gasteiger partial charge in [-0.3, -0.25) is 4.79 Å². The number of rotatable bonds is 61. The van der Waals surface area contributed by atoms with Crippen molar-refractivity contribution in [2.75, 3.05) is 13.2 Å². The summed E-state index contributed by atoms with van der Waals surface area (Å²) in [5.41, 5.74) is 0. The normalized spacial score (nSPS) is 18.7. The standard InChI is InChI=1S/C69H133NO8/c1-3-5-7-9-11-13-15-17-19-20-21-22-23-24-25-26-27-28-29-30-31-32-33-34-35-36-37-38-39-40-41-42-43-44-45-47-49-51-53-55-57-59-65(73)70-62(61-77-69-68(76)67(75)66(74)64(60-71)78-69)63(72)58-56-54-52-50-48-46-18-16-14-12-10-8-6-4-2/h48,50,56,58,62-64,66-69,71-72,74-76H,3-47,49,51-55,57,59-61H2,1-2H3,(H,70,73)/b50-48+,58-56+. The summed E-state index contributed by atoms with van der Waals surface area (Å²) in [7, 11) is 0. The summed E-state index contributed by atoms with van der Waals surface area (Å²) < 4.78 is 11.3. The van der Waals surface area contributed by atoms with Crippen molar-refractivity contribution in [3.8, 4) is 0 Å². The molecule has 462 valence electrons. The van der Waals surface area contributed by atoms with E-state index in [0.29, 0.717) is 6.42 Å². The number of amides is 1. The Morgan fingerprint density at radius 3 is 1.08 bits per heavy atom. The van der Waals surface area contributed by atoms with Crippen LogP contribution < -0.4 is 5.32 Å². The van der Waals surface area contributed by atoms with Crippen LogP contribution in [0.3, 0.4) is 0 Å². The van der Waals surface area contributed by atoms with E-state index in [-0.39, 0.29) is 12.5 Å². The number of nitrogens with one attached hydrogen (secondary N) is 1. The quantitative estimate of drug-likeness (QED) is 0.0261. The Bertz CT molecular complexity index is 1280. The Hall–Kier alpha value is -1.33. The molecule has 7 unspecified atom stereocenters. The monoisotopic (exact) mass is 1100 g/mol. The molecule has 0 aromatic carbocycles. The van der Waals surface area contributed by atoms with Crippen molar-refractivity contribution in [3.63, 3.8) is 0 Å². The van der Waals surface area contributed by atoms with E-state index in [4.69, 9.17) is 9.47 Å². The highest BCUT2D eigenvalue weighted by molar-refractivity contribution is 5.76. The smallest absolute Gasteiger partial charge is 0.220 e. The summed E-state index contributed by atoms with van der Waals surface area (Å²) in [6.07, 6.45) is 70.4. The van der Waals surface area contributed by atoms with Crippen molar-refractivity contribution in [1.29, 1.82) is 0 Å². The molecule has 1 heterocycles. The maximum atomic E-state index is 13.1. The van der Waals surface area contributed by atoms with Crippen molar-refractivity contribution < 1.29 is 39.8 Å². The molecule has 6 N–H and O–H groups in total. The number of aliphatic hydroxyl groups excluding tert-OH is 5. The average molecular weight is 1100 g/mol. The largest absolute Gasteiger partial charge is 0.394 e. The number of carbonyl (C=O) groups excluding carboxylic acids is 1. The second-order valence-corrected chi connectivity index (χ2v) is 24.3. The minimum atomic E-state index is -1.57. The van der Waals surface area contributed by atoms with E-state index < -0.39 is 49.5 Å². The molecule has 7 atom stereocenters. The molecule has 1 aliphatic rings. The predicted molar refractivity (Wildman–Crippen MR) is 332 cm³/mol. The van der Waals surface area contributed by atoms with E-state index in [9.17, 15) is 30.3 Å². The summed E-state index contributed by atoms with van der Waals surface area (Å²) in [5.74, 6) is -0.180. The minimum absolute atomic E-state index is 0.180. The van der Waals surface area contributed by atoms with Gasteiger partial charge in [-0.2, -0.15) is 0 Å². The molecule has 1 rings (SSSR count). The first-order valence-corrected chi connectivity index (χ1v) is 34.6. The molecule has 0 radical (unpaired) electrons. The molecule has 0 bridgehead atoms. The molecular weight excluding hydrogens is 971 g/mol. The summed E-state index contributed by atoms with van der Waals surface area (Å²) in [6.45, 7) is 3.79. The third-order valence-electron chi connectivity index (χ3n) is 16.8. The van der Waals surface area contributed by atoms with Gasteiger partial charge in [0.25, 0.3) is 0 Å². The number of aliphatic hydroxyl groups is 5. The van der Waals surface area contributed by atoms with Crippen LogP contribution in [-0.4, -0.2) is 87.5 Å². The van der Waals surface area contributed by atoms with Gasteiger partial charge in [0.15, 0.2) is 6.29 Å². The lowest BCUT2D eigenvalue weighted by atomic mass is 9.99. The summed E-state index contributed by atoms with van der Waals surface area (Å²) in [4.78, 5) is 13.1. The zero-order chi connectivity index (χ0) is 56.5. The number of unbranched alkanes of at least 4 members (excludes halogenated alkanes) is 49. The fourth-order valence-electron chi connectivity index (χ4n) is 11.4. The SMILES string of the molecule is CCCCCCCCCC/C=C/CC/C=C/C(O)C(COC1OC(CO)C(O)C(O)C1O)NC(=O)CCCCCCCCCCCCCCCCCCCCCCCCCCCCCCCCCCCCCCCCCCC. The highest BCUT2D eigenvalue weighted by atomic mass is 16.7. The van der Waals surface area contributed by atoms with E-state index in [0.717, 1.165) is 38.5 Å². The van der Waals surface area contributed by atoms with Gasteiger partial charge in [0.2, 0.25) is 5.91 Å². The average Bonchev–Trinajstić information content (AvgIpc) is 3.46. The Kier molecular flexibility index (Phi) is 56.3. The van der Waals surface area contributed by atoms with Crippen molar-refractivity contribution in [2.24, 2.45) is 0 Å². The lowest BCUT2D eigenvalue weighted by Gasteiger charge is -2.40. The first kappa shape index (κ1) is 74.7. The third kappa shape index (κ3) is 47.2. The van der Waals surface area contributed by atoms with Crippen LogP contribution >= 0.6 is 0 Å². The number of allylic oxidation sites excluding steroid dienone is 3. The Morgan fingerprint density at radius 1 is 0.423 bits per heavy atom. The summed E-state index contributed by atoms with van der Waals surface area (Å²) in [5, 5.41) is 54.5. The molecule has 0 aliphatic carbocycles. The molecule has 1 aliphatic heterocycles. The van der Waals surface area contributed by atoms with Crippen molar-refractivity contribution in [3.05, 3.63) is 24.3 Å². The molecule has 78 heavy (non-hydrogen) atoms. The second kappa shape index (κ2) is 58.9. The molecule has 0 aromatic heterocycles. The Labute approximate surface area is 483 Å². The number of hydrogen-bond donors (Lipinski definition) is 6. The predicted octanol–water partition coefficient (Wildman–Crippen LogP) is 18.5. The highest BCUT2D eigenvalue weighted by Crippen LogP contribution is 2.23. The van der Waals surface area contributed by atoms with Gasteiger partial charge < -0.3 is 40.3 Å². The third-order valence-corrected chi connectivity index (χ3v) is 16.8. The van der Waals surface area contributed by atoms with Gasteiger partial charge in [-0.1, -0.05) is 340 Å². The molecule has 0 aromatic rings. The maximum absolute atomic E-state index is 13.1.